The molecule has 0 N–H and O–H groups in total. The van der Waals surface area contributed by atoms with Crippen LogP contribution in [-0.2, 0) is 11.8 Å². The van der Waals surface area contributed by atoms with Crippen LogP contribution in [0.4, 0.5) is 0 Å². The van der Waals surface area contributed by atoms with Crippen molar-refractivity contribution >= 4 is 5.78 Å². The summed E-state index contributed by atoms with van der Waals surface area (Å²) in [7, 11) is 1.66. The Morgan fingerprint density at radius 1 is 1.05 bits per heavy atom. The van der Waals surface area contributed by atoms with Crippen LogP contribution >= 0.6 is 0 Å². The summed E-state index contributed by atoms with van der Waals surface area (Å²) < 4.78 is 5.18. The van der Waals surface area contributed by atoms with Gasteiger partial charge in [0.15, 0.2) is 5.78 Å². The normalized spacial score (nSPS) is 19.4. The second kappa shape index (κ2) is 5.03. The van der Waals surface area contributed by atoms with Crippen LogP contribution in [0.2, 0.25) is 0 Å². The smallest absolute Gasteiger partial charge is 0.167 e. The SMILES string of the molecule is COc1ccc(CC2C(=O)c3ccccc3C2(C)C)cc1. The summed E-state index contributed by atoms with van der Waals surface area (Å²) in [6.07, 6.45) is 0.768. The maximum atomic E-state index is 12.7. The molecule has 3 rings (SSSR count). The van der Waals surface area contributed by atoms with Gasteiger partial charge in [-0.2, -0.15) is 0 Å². The van der Waals surface area contributed by atoms with Crippen molar-refractivity contribution in [3.05, 3.63) is 65.2 Å². The van der Waals surface area contributed by atoms with Crippen LogP contribution in [-0.4, -0.2) is 12.9 Å². The van der Waals surface area contributed by atoms with Crippen LogP contribution in [0.5, 0.6) is 5.75 Å². The van der Waals surface area contributed by atoms with Gasteiger partial charge in [-0.1, -0.05) is 50.2 Å². The topological polar surface area (TPSA) is 26.3 Å². The summed E-state index contributed by atoms with van der Waals surface area (Å²) in [4.78, 5) is 12.7. The maximum Gasteiger partial charge on any atom is 0.167 e. The monoisotopic (exact) mass is 280 g/mol. The van der Waals surface area contributed by atoms with Gasteiger partial charge in [0.05, 0.1) is 7.11 Å². The lowest BCUT2D eigenvalue weighted by atomic mass is 9.75. The lowest BCUT2D eigenvalue weighted by molar-refractivity contribution is 0.0897. The highest BCUT2D eigenvalue weighted by Gasteiger charge is 2.45. The van der Waals surface area contributed by atoms with Gasteiger partial charge in [0, 0.05) is 16.9 Å². The first-order valence-corrected chi connectivity index (χ1v) is 7.30. The van der Waals surface area contributed by atoms with E-state index in [1.54, 1.807) is 7.11 Å². The Kier molecular flexibility index (Phi) is 3.32. The molecule has 0 radical (unpaired) electrons. The molecule has 21 heavy (non-hydrogen) atoms. The van der Waals surface area contributed by atoms with Gasteiger partial charge in [0.25, 0.3) is 0 Å². The molecule has 1 atom stereocenters. The molecule has 1 aliphatic rings. The predicted molar refractivity (Wildman–Crippen MR) is 84.0 cm³/mol. The van der Waals surface area contributed by atoms with Gasteiger partial charge in [-0.15, -0.1) is 0 Å². The van der Waals surface area contributed by atoms with E-state index in [1.165, 1.54) is 11.1 Å². The average molecular weight is 280 g/mol. The molecule has 0 bridgehead atoms. The van der Waals surface area contributed by atoms with Gasteiger partial charge in [-0.05, 0) is 29.7 Å². The quantitative estimate of drug-likeness (QED) is 0.848. The second-order valence-corrected chi connectivity index (χ2v) is 6.24. The van der Waals surface area contributed by atoms with E-state index in [0.717, 1.165) is 17.7 Å². The zero-order valence-electron chi connectivity index (χ0n) is 12.7. The number of benzene rings is 2. The number of carbonyl (C=O) groups excluding carboxylic acids is 1. The van der Waals surface area contributed by atoms with Gasteiger partial charge >= 0.3 is 0 Å². The van der Waals surface area contributed by atoms with Gasteiger partial charge in [0.2, 0.25) is 0 Å². The van der Waals surface area contributed by atoms with Crippen LogP contribution in [0.3, 0.4) is 0 Å². The van der Waals surface area contributed by atoms with Crippen molar-refractivity contribution in [2.75, 3.05) is 7.11 Å². The van der Waals surface area contributed by atoms with Crippen molar-refractivity contribution in [2.45, 2.75) is 25.7 Å². The average Bonchev–Trinajstić information content (AvgIpc) is 2.70. The number of ether oxygens (including phenoxy) is 1. The van der Waals surface area contributed by atoms with Crippen molar-refractivity contribution in [1.29, 1.82) is 0 Å². The van der Waals surface area contributed by atoms with Crippen molar-refractivity contribution < 1.29 is 9.53 Å². The third kappa shape index (κ3) is 2.25. The highest BCUT2D eigenvalue weighted by molar-refractivity contribution is 6.04. The minimum atomic E-state index is -0.117. The highest BCUT2D eigenvalue weighted by atomic mass is 16.5. The molecular formula is C19H20O2. The van der Waals surface area contributed by atoms with Crippen LogP contribution < -0.4 is 4.74 Å². The molecule has 2 aromatic carbocycles. The fourth-order valence-corrected chi connectivity index (χ4v) is 3.31. The van der Waals surface area contributed by atoms with E-state index >= 15 is 0 Å². The number of Topliss-reactive ketones (excluding diaryl/α,β-unsaturated/α-hetero) is 1. The number of hydrogen-bond donors (Lipinski definition) is 0. The Labute approximate surface area is 125 Å². The number of carbonyl (C=O) groups is 1. The molecule has 0 saturated heterocycles. The van der Waals surface area contributed by atoms with Crippen LogP contribution in [0.15, 0.2) is 48.5 Å². The number of hydrogen-bond acceptors (Lipinski definition) is 2. The molecule has 2 aromatic rings. The Balaban J connectivity index is 1.91. The van der Waals surface area contributed by atoms with E-state index in [2.05, 4.69) is 19.9 Å². The van der Waals surface area contributed by atoms with Gasteiger partial charge < -0.3 is 4.74 Å². The molecule has 108 valence electrons. The van der Waals surface area contributed by atoms with Gasteiger partial charge in [-0.3, -0.25) is 4.79 Å². The number of fused-ring (bicyclic) bond motifs is 1. The van der Waals surface area contributed by atoms with Crippen molar-refractivity contribution in [3.8, 4) is 5.75 Å². The Bertz CT molecular complexity index is 668. The van der Waals surface area contributed by atoms with Gasteiger partial charge in [0.1, 0.15) is 5.75 Å². The molecule has 0 saturated carbocycles. The zero-order chi connectivity index (χ0) is 15.0. The van der Waals surface area contributed by atoms with E-state index < -0.39 is 0 Å². The number of ketones is 1. The van der Waals surface area contributed by atoms with Crippen molar-refractivity contribution in [2.24, 2.45) is 5.92 Å². The molecule has 0 amide bonds. The van der Waals surface area contributed by atoms with Gasteiger partial charge in [-0.25, -0.2) is 0 Å². The second-order valence-electron chi connectivity index (χ2n) is 6.24. The molecular weight excluding hydrogens is 260 g/mol. The largest absolute Gasteiger partial charge is 0.497 e. The van der Waals surface area contributed by atoms with Crippen LogP contribution in [0.1, 0.15) is 35.3 Å². The first-order valence-electron chi connectivity index (χ1n) is 7.30. The van der Waals surface area contributed by atoms with Crippen molar-refractivity contribution in [1.82, 2.24) is 0 Å². The summed E-state index contributed by atoms with van der Waals surface area (Å²) in [5.74, 6) is 1.12. The van der Waals surface area contributed by atoms with E-state index in [1.807, 2.05) is 42.5 Å². The summed E-state index contributed by atoms with van der Waals surface area (Å²) in [5, 5.41) is 0. The lowest BCUT2D eigenvalue weighted by Crippen LogP contribution is -2.28. The molecule has 2 nitrogen and oxygen atoms in total. The molecule has 1 aliphatic carbocycles. The van der Waals surface area contributed by atoms with E-state index in [9.17, 15) is 4.79 Å². The number of methoxy groups -OCH3 is 1. The van der Waals surface area contributed by atoms with Crippen LogP contribution in [0, 0.1) is 5.92 Å². The predicted octanol–water partition coefficient (Wildman–Crippen LogP) is 4.03. The summed E-state index contributed by atoms with van der Waals surface area (Å²) >= 11 is 0. The lowest BCUT2D eigenvalue weighted by Gasteiger charge is -2.27. The zero-order valence-corrected chi connectivity index (χ0v) is 12.7. The van der Waals surface area contributed by atoms with Crippen LogP contribution in [0.25, 0.3) is 0 Å². The van der Waals surface area contributed by atoms with E-state index in [4.69, 9.17) is 4.74 Å². The minimum Gasteiger partial charge on any atom is -0.497 e. The molecule has 0 heterocycles. The summed E-state index contributed by atoms with van der Waals surface area (Å²) in [6, 6.07) is 16.0. The molecule has 0 spiro atoms. The first-order chi connectivity index (χ1) is 10.0. The Morgan fingerprint density at radius 2 is 1.71 bits per heavy atom. The van der Waals surface area contributed by atoms with E-state index in [-0.39, 0.29) is 17.1 Å². The molecule has 0 aliphatic heterocycles. The fraction of sp³-hybridized carbons (Fsp3) is 0.316. The third-order valence-electron chi connectivity index (χ3n) is 4.67. The molecule has 0 aromatic heterocycles. The summed E-state index contributed by atoms with van der Waals surface area (Å²) in [5.41, 5.74) is 3.12. The molecule has 1 unspecified atom stereocenters. The maximum absolute atomic E-state index is 12.7. The standard InChI is InChI=1S/C19H20O2/c1-19(2)16-7-5-4-6-15(16)18(20)17(19)12-13-8-10-14(21-3)11-9-13/h4-11,17H,12H2,1-3H3. The highest BCUT2D eigenvalue weighted by Crippen LogP contribution is 2.44. The summed E-state index contributed by atoms with van der Waals surface area (Å²) in [6.45, 7) is 4.34. The molecule has 2 heteroatoms. The first kappa shape index (κ1) is 13.9. The third-order valence-corrected chi connectivity index (χ3v) is 4.67. The van der Waals surface area contributed by atoms with Crippen molar-refractivity contribution in [3.63, 3.8) is 0 Å². The minimum absolute atomic E-state index is 0.00305. The molecule has 0 fully saturated rings. The fourth-order valence-electron chi connectivity index (χ4n) is 3.31. The number of rotatable bonds is 3. The Hall–Kier alpha value is -2.09. The Morgan fingerprint density at radius 3 is 2.33 bits per heavy atom. The van der Waals surface area contributed by atoms with E-state index in [0.29, 0.717) is 0 Å².